The van der Waals surface area contributed by atoms with Gasteiger partial charge < -0.3 is 10.1 Å². The van der Waals surface area contributed by atoms with Crippen molar-refractivity contribution < 1.29 is 9.53 Å². The van der Waals surface area contributed by atoms with Crippen molar-refractivity contribution in [3.05, 3.63) is 47.8 Å². The fraction of sp³-hybridized carbons (Fsp3) is 0.333. The molecular weight excluding hydrogens is 254 g/mol. The van der Waals surface area contributed by atoms with Crippen molar-refractivity contribution in [2.45, 2.75) is 19.9 Å². The summed E-state index contributed by atoms with van der Waals surface area (Å²) in [6.07, 6.45) is 3.20. The summed E-state index contributed by atoms with van der Waals surface area (Å²) in [6, 6.07) is 8.29. The fourth-order valence-electron chi connectivity index (χ4n) is 1.89. The number of rotatable bonds is 5. The van der Waals surface area contributed by atoms with Crippen molar-refractivity contribution in [1.29, 1.82) is 0 Å². The van der Waals surface area contributed by atoms with Crippen molar-refractivity contribution >= 4 is 5.97 Å². The summed E-state index contributed by atoms with van der Waals surface area (Å²) in [4.78, 5) is 11.6. The first-order valence-electron chi connectivity index (χ1n) is 6.65. The highest BCUT2D eigenvalue weighted by Crippen LogP contribution is 2.16. The van der Waals surface area contributed by atoms with Gasteiger partial charge in [-0.25, -0.2) is 9.48 Å². The molecule has 0 saturated heterocycles. The van der Waals surface area contributed by atoms with E-state index < -0.39 is 0 Å². The van der Waals surface area contributed by atoms with E-state index >= 15 is 0 Å². The molecule has 1 N–H and O–H groups in total. The second-order valence-electron chi connectivity index (χ2n) is 4.50. The Balaban J connectivity index is 2.26. The van der Waals surface area contributed by atoms with E-state index in [1.165, 1.54) is 6.20 Å². The molecule has 20 heavy (non-hydrogen) atoms. The molecule has 5 nitrogen and oxygen atoms in total. The molecule has 2 aromatic rings. The number of hydrogen-bond donors (Lipinski definition) is 1. The molecule has 0 saturated carbocycles. The largest absolute Gasteiger partial charge is 0.462 e. The minimum atomic E-state index is -0.349. The monoisotopic (exact) mass is 273 g/mol. The van der Waals surface area contributed by atoms with Gasteiger partial charge >= 0.3 is 5.97 Å². The van der Waals surface area contributed by atoms with Gasteiger partial charge in [0.05, 0.1) is 24.1 Å². The van der Waals surface area contributed by atoms with E-state index in [2.05, 4.69) is 23.4 Å². The van der Waals surface area contributed by atoms with Crippen LogP contribution in [0.2, 0.25) is 0 Å². The first-order valence-corrected chi connectivity index (χ1v) is 6.65. The van der Waals surface area contributed by atoms with Gasteiger partial charge in [-0.05, 0) is 38.6 Å². The van der Waals surface area contributed by atoms with Gasteiger partial charge in [-0.3, -0.25) is 0 Å². The van der Waals surface area contributed by atoms with Gasteiger partial charge in [-0.15, -0.1) is 0 Å². The third-order valence-electron chi connectivity index (χ3n) is 3.16. The van der Waals surface area contributed by atoms with E-state index in [1.807, 2.05) is 25.2 Å². The number of carbonyl (C=O) groups is 1. The third kappa shape index (κ3) is 3.05. The first kappa shape index (κ1) is 14.3. The predicted octanol–water partition coefficient (Wildman–Crippen LogP) is 2.33. The van der Waals surface area contributed by atoms with Gasteiger partial charge in [0.25, 0.3) is 0 Å². The van der Waals surface area contributed by atoms with Crippen molar-refractivity contribution in [2.24, 2.45) is 0 Å². The zero-order valence-corrected chi connectivity index (χ0v) is 12.0. The highest BCUT2D eigenvalue weighted by atomic mass is 16.5. The number of benzene rings is 1. The number of aromatic nitrogens is 2. The van der Waals surface area contributed by atoms with Crippen LogP contribution in [0.3, 0.4) is 0 Å². The number of ether oxygens (including phenoxy) is 1. The van der Waals surface area contributed by atoms with Gasteiger partial charge in [-0.2, -0.15) is 5.10 Å². The van der Waals surface area contributed by atoms with Crippen LogP contribution < -0.4 is 5.32 Å². The lowest BCUT2D eigenvalue weighted by molar-refractivity contribution is 0.0526. The Morgan fingerprint density at radius 2 is 2.30 bits per heavy atom. The standard InChI is InChI=1S/C15H19N3O2/c1-4-20-15(19)13-9-17-18(10-13)14-7-5-6-12(8-14)11(2)16-3/h5-11,16H,4H2,1-3H3. The molecule has 5 heteroatoms. The summed E-state index contributed by atoms with van der Waals surface area (Å²) in [5.74, 6) is -0.349. The lowest BCUT2D eigenvalue weighted by Gasteiger charge is -2.11. The molecule has 0 bridgehead atoms. The average molecular weight is 273 g/mol. The van der Waals surface area contributed by atoms with E-state index in [1.54, 1.807) is 17.8 Å². The first-order chi connectivity index (χ1) is 9.65. The van der Waals surface area contributed by atoms with Crippen LogP contribution in [-0.4, -0.2) is 29.4 Å². The van der Waals surface area contributed by atoms with E-state index in [-0.39, 0.29) is 12.0 Å². The Bertz CT molecular complexity index is 592. The maximum absolute atomic E-state index is 11.6. The number of nitrogens with zero attached hydrogens (tertiary/aromatic N) is 2. The number of carbonyl (C=O) groups excluding carboxylic acids is 1. The van der Waals surface area contributed by atoms with Crippen LogP contribution >= 0.6 is 0 Å². The minimum absolute atomic E-state index is 0.259. The lowest BCUT2D eigenvalue weighted by Crippen LogP contribution is -2.12. The average Bonchev–Trinajstić information content (AvgIpc) is 2.97. The maximum atomic E-state index is 11.6. The van der Waals surface area contributed by atoms with Gasteiger partial charge in [0.15, 0.2) is 0 Å². The van der Waals surface area contributed by atoms with Crippen LogP contribution in [0, 0.1) is 0 Å². The van der Waals surface area contributed by atoms with Crippen LogP contribution in [-0.2, 0) is 4.74 Å². The molecule has 1 atom stereocenters. The zero-order valence-electron chi connectivity index (χ0n) is 12.0. The SMILES string of the molecule is CCOC(=O)c1cnn(-c2cccc(C(C)NC)c2)c1. The van der Waals surface area contributed by atoms with E-state index in [4.69, 9.17) is 4.74 Å². The normalized spacial score (nSPS) is 12.2. The molecule has 2 rings (SSSR count). The second-order valence-corrected chi connectivity index (χ2v) is 4.50. The number of esters is 1. The van der Waals surface area contributed by atoms with Gasteiger partial charge in [0, 0.05) is 12.2 Å². The van der Waals surface area contributed by atoms with Gasteiger partial charge in [0.1, 0.15) is 0 Å². The van der Waals surface area contributed by atoms with Crippen molar-refractivity contribution in [1.82, 2.24) is 15.1 Å². The Hall–Kier alpha value is -2.14. The molecule has 0 aliphatic heterocycles. The summed E-state index contributed by atoms with van der Waals surface area (Å²) in [7, 11) is 1.92. The van der Waals surface area contributed by atoms with Crippen molar-refractivity contribution in [3.63, 3.8) is 0 Å². The molecule has 0 radical (unpaired) electrons. The molecule has 0 aliphatic carbocycles. The third-order valence-corrected chi connectivity index (χ3v) is 3.16. The van der Waals surface area contributed by atoms with Crippen LogP contribution in [0.1, 0.15) is 35.8 Å². The summed E-state index contributed by atoms with van der Waals surface area (Å²) in [5, 5.41) is 7.41. The van der Waals surface area contributed by atoms with E-state index in [9.17, 15) is 4.79 Å². The Kier molecular flexibility index (Phi) is 4.53. The van der Waals surface area contributed by atoms with Crippen LogP contribution in [0.25, 0.3) is 5.69 Å². The molecular formula is C15H19N3O2. The molecule has 0 spiro atoms. The van der Waals surface area contributed by atoms with Crippen LogP contribution in [0.15, 0.2) is 36.7 Å². The maximum Gasteiger partial charge on any atom is 0.341 e. The Morgan fingerprint density at radius 3 is 3.00 bits per heavy atom. The lowest BCUT2D eigenvalue weighted by atomic mass is 10.1. The molecule has 0 amide bonds. The Morgan fingerprint density at radius 1 is 1.50 bits per heavy atom. The summed E-state index contributed by atoms with van der Waals surface area (Å²) in [5.41, 5.74) is 2.54. The summed E-state index contributed by atoms with van der Waals surface area (Å²) in [6.45, 7) is 4.23. The highest BCUT2D eigenvalue weighted by molar-refractivity contribution is 5.88. The summed E-state index contributed by atoms with van der Waals surface area (Å²) >= 11 is 0. The molecule has 0 fully saturated rings. The van der Waals surface area contributed by atoms with Crippen molar-refractivity contribution in [2.75, 3.05) is 13.7 Å². The number of nitrogens with one attached hydrogen (secondary N) is 1. The number of hydrogen-bond acceptors (Lipinski definition) is 4. The smallest absolute Gasteiger partial charge is 0.341 e. The van der Waals surface area contributed by atoms with E-state index in [0.717, 1.165) is 11.3 Å². The van der Waals surface area contributed by atoms with Gasteiger partial charge in [-0.1, -0.05) is 12.1 Å². The van der Waals surface area contributed by atoms with E-state index in [0.29, 0.717) is 12.2 Å². The van der Waals surface area contributed by atoms with Crippen molar-refractivity contribution in [3.8, 4) is 5.69 Å². The molecule has 1 unspecified atom stereocenters. The van der Waals surface area contributed by atoms with Crippen LogP contribution in [0.5, 0.6) is 0 Å². The molecule has 1 heterocycles. The zero-order chi connectivity index (χ0) is 14.5. The molecule has 106 valence electrons. The second kappa shape index (κ2) is 6.34. The predicted molar refractivity (Wildman–Crippen MR) is 77.0 cm³/mol. The summed E-state index contributed by atoms with van der Waals surface area (Å²) < 4.78 is 6.63. The Labute approximate surface area is 118 Å². The fourth-order valence-corrected chi connectivity index (χ4v) is 1.89. The quantitative estimate of drug-likeness (QED) is 0.849. The minimum Gasteiger partial charge on any atom is -0.462 e. The topological polar surface area (TPSA) is 56.1 Å². The van der Waals surface area contributed by atoms with Crippen LogP contribution in [0.4, 0.5) is 0 Å². The molecule has 0 aliphatic rings. The molecule has 1 aromatic carbocycles. The molecule has 1 aromatic heterocycles. The highest BCUT2D eigenvalue weighted by Gasteiger charge is 2.11. The van der Waals surface area contributed by atoms with Gasteiger partial charge in [0.2, 0.25) is 0 Å².